The summed E-state index contributed by atoms with van der Waals surface area (Å²) in [6.45, 7) is 3.83. The third-order valence-corrected chi connectivity index (χ3v) is 7.79. The first-order valence-corrected chi connectivity index (χ1v) is 13.9. The number of amidine groups is 1. The second kappa shape index (κ2) is 12.1. The van der Waals surface area contributed by atoms with Gasteiger partial charge in [-0.15, -0.1) is 0 Å². The summed E-state index contributed by atoms with van der Waals surface area (Å²) in [7, 11) is 0. The van der Waals surface area contributed by atoms with E-state index in [0.29, 0.717) is 31.7 Å². The Bertz CT molecular complexity index is 1190. The van der Waals surface area contributed by atoms with Crippen molar-refractivity contribution in [2.75, 3.05) is 13.2 Å². The maximum absolute atomic E-state index is 13.6. The van der Waals surface area contributed by atoms with Crippen molar-refractivity contribution in [3.8, 4) is 11.5 Å². The number of carboxylic acid groups (broad SMARTS) is 1. The highest BCUT2D eigenvalue weighted by Gasteiger charge is 2.38. The predicted octanol–water partition coefficient (Wildman–Crippen LogP) is 6.40. The van der Waals surface area contributed by atoms with E-state index in [0.717, 1.165) is 42.5 Å². The Morgan fingerprint density at radius 1 is 1.19 bits per heavy atom. The Hall–Kier alpha value is -2.53. The topological polar surface area (TPSA) is 88.4 Å². The van der Waals surface area contributed by atoms with E-state index in [-0.39, 0.29) is 11.9 Å². The van der Waals surface area contributed by atoms with Crippen LogP contribution in [0.5, 0.6) is 11.5 Å². The SMILES string of the molecule is CCOc1cc(/C=C2/SC(=Nc3ccc(C)cc3)N(C3CCCCC3)C2=O)cc(I)c1OCC(=O)O. The molecule has 2 aromatic rings. The van der Waals surface area contributed by atoms with Gasteiger partial charge in [0.2, 0.25) is 0 Å². The number of carboxylic acids is 1. The number of nitrogens with zero attached hydrogens (tertiary/aromatic N) is 2. The van der Waals surface area contributed by atoms with Gasteiger partial charge in [-0.3, -0.25) is 9.69 Å². The third kappa shape index (κ3) is 6.42. The van der Waals surface area contributed by atoms with E-state index in [9.17, 15) is 9.59 Å². The maximum Gasteiger partial charge on any atom is 0.341 e. The van der Waals surface area contributed by atoms with Crippen LogP contribution in [0, 0.1) is 10.5 Å². The van der Waals surface area contributed by atoms with Crippen molar-refractivity contribution in [1.82, 2.24) is 4.90 Å². The molecule has 1 heterocycles. The first-order valence-electron chi connectivity index (χ1n) is 12.0. The van der Waals surface area contributed by atoms with E-state index < -0.39 is 12.6 Å². The molecule has 1 saturated heterocycles. The van der Waals surface area contributed by atoms with E-state index in [4.69, 9.17) is 19.6 Å². The van der Waals surface area contributed by atoms with Gasteiger partial charge in [-0.25, -0.2) is 9.79 Å². The molecule has 2 aliphatic rings. The zero-order valence-corrected chi connectivity index (χ0v) is 23.3. The monoisotopic (exact) mass is 620 g/mol. The number of aliphatic carboxylic acids is 1. The van der Waals surface area contributed by atoms with Gasteiger partial charge in [0.1, 0.15) is 0 Å². The maximum atomic E-state index is 13.6. The standard InChI is InChI=1S/C27H29IN2O5S/c1-3-34-22-14-18(13-21(28)25(22)35-16-24(31)32)15-23-26(33)30(20-7-5-4-6-8-20)27(36-23)29-19-11-9-17(2)10-12-19/h9-15,20H,3-8,16H2,1-2H3,(H,31,32)/b23-15+,29-27?. The van der Waals surface area contributed by atoms with Gasteiger partial charge in [-0.2, -0.15) is 0 Å². The summed E-state index contributed by atoms with van der Waals surface area (Å²) in [5.74, 6) is -0.254. The minimum Gasteiger partial charge on any atom is -0.490 e. The van der Waals surface area contributed by atoms with E-state index >= 15 is 0 Å². The zero-order chi connectivity index (χ0) is 25.7. The number of carbonyl (C=O) groups is 2. The number of halogens is 1. The van der Waals surface area contributed by atoms with Crippen molar-refractivity contribution in [3.63, 3.8) is 0 Å². The second-order valence-corrected chi connectivity index (χ2v) is 10.9. The van der Waals surface area contributed by atoms with Crippen LogP contribution in [0.15, 0.2) is 46.3 Å². The molecule has 1 aliphatic carbocycles. The van der Waals surface area contributed by atoms with Crippen LogP contribution in [0.2, 0.25) is 0 Å². The first kappa shape index (κ1) is 26.5. The molecule has 0 bridgehead atoms. The number of ether oxygens (including phenoxy) is 2. The van der Waals surface area contributed by atoms with Gasteiger partial charge < -0.3 is 14.6 Å². The van der Waals surface area contributed by atoms with Crippen LogP contribution in [0.25, 0.3) is 6.08 Å². The van der Waals surface area contributed by atoms with Crippen LogP contribution in [0.4, 0.5) is 5.69 Å². The van der Waals surface area contributed by atoms with Gasteiger partial charge in [0.15, 0.2) is 23.3 Å². The summed E-state index contributed by atoms with van der Waals surface area (Å²) in [5.41, 5.74) is 2.77. The molecule has 0 unspecified atom stereocenters. The minimum absolute atomic E-state index is 0.0306. The molecule has 1 amide bonds. The molecule has 2 aromatic carbocycles. The summed E-state index contributed by atoms with van der Waals surface area (Å²) in [4.78, 5) is 32.0. The average molecular weight is 621 g/mol. The largest absolute Gasteiger partial charge is 0.490 e. The average Bonchev–Trinajstić information content (AvgIpc) is 3.15. The Morgan fingerprint density at radius 3 is 2.58 bits per heavy atom. The van der Waals surface area contributed by atoms with Gasteiger partial charge in [-0.05, 0) is 96.9 Å². The van der Waals surface area contributed by atoms with Crippen LogP contribution >= 0.6 is 34.4 Å². The fourth-order valence-corrected chi connectivity index (χ4v) is 6.16. The molecule has 0 atom stereocenters. The van der Waals surface area contributed by atoms with E-state index in [1.807, 2.05) is 55.2 Å². The lowest BCUT2D eigenvalue weighted by molar-refractivity contribution is -0.139. The smallest absolute Gasteiger partial charge is 0.341 e. The van der Waals surface area contributed by atoms with E-state index in [2.05, 4.69) is 22.6 Å². The fraction of sp³-hybridized carbons (Fsp3) is 0.370. The van der Waals surface area contributed by atoms with Gasteiger partial charge in [0.25, 0.3) is 5.91 Å². The number of amides is 1. The lowest BCUT2D eigenvalue weighted by Gasteiger charge is -2.30. The molecule has 190 valence electrons. The van der Waals surface area contributed by atoms with Gasteiger partial charge >= 0.3 is 5.97 Å². The van der Waals surface area contributed by atoms with Crippen LogP contribution in [-0.2, 0) is 9.59 Å². The van der Waals surface area contributed by atoms with E-state index in [1.54, 1.807) is 6.07 Å². The number of aliphatic imine (C=N–C) groups is 1. The lowest BCUT2D eigenvalue weighted by Crippen LogP contribution is -2.40. The summed E-state index contributed by atoms with van der Waals surface area (Å²) >= 11 is 3.49. The molecule has 1 aliphatic heterocycles. The van der Waals surface area contributed by atoms with Crippen molar-refractivity contribution >= 4 is 63.2 Å². The summed E-state index contributed by atoms with van der Waals surface area (Å²) < 4.78 is 11.9. The fourth-order valence-electron chi connectivity index (χ4n) is 4.32. The third-order valence-electron chi connectivity index (χ3n) is 6.00. The number of hydrogen-bond donors (Lipinski definition) is 1. The van der Waals surface area contributed by atoms with Gasteiger partial charge in [0, 0.05) is 6.04 Å². The Labute approximate surface area is 229 Å². The molecule has 1 N–H and O–H groups in total. The number of thioether (sulfide) groups is 1. The van der Waals surface area contributed by atoms with Crippen LogP contribution in [0.3, 0.4) is 0 Å². The summed E-state index contributed by atoms with van der Waals surface area (Å²) in [5, 5.41) is 9.71. The summed E-state index contributed by atoms with van der Waals surface area (Å²) in [6.07, 6.45) is 7.25. The quantitative estimate of drug-likeness (QED) is 0.272. The molecule has 7 nitrogen and oxygen atoms in total. The Morgan fingerprint density at radius 2 is 1.92 bits per heavy atom. The molecular weight excluding hydrogens is 591 g/mol. The number of benzene rings is 2. The molecule has 1 saturated carbocycles. The molecule has 0 aromatic heterocycles. The highest BCUT2D eigenvalue weighted by atomic mass is 127. The molecule has 4 rings (SSSR count). The molecule has 0 spiro atoms. The molecule has 36 heavy (non-hydrogen) atoms. The second-order valence-electron chi connectivity index (χ2n) is 8.75. The zero-order valence-electron chi connectivity index (χ0n) is 20.3. The summed E-state index contributed by atoms with van der Waals surface area (Å²) in [6, 6.07) is 11.8. The molecule has 0 radical (unpaired) electrons. The van der Waals surface area contributed by atoms with Crippen molar-refractivity contribution in [2.24, 2.45) is 4.99 Å². The number of rotatable bonds is 8. The lowest BCUT2D eigenvalue weighted by atomic mass is 9.94. The molecule has 2 fully saturated rings. The van der Waals surface area contributed by atoms with Crippen LogP contribution in [-0.4, -0.2) is 46.3 Å². The Balaban J connectivity index is 1.69. The van der Waals surface area contributed by atoms with E-state index in [1.165, 1.54) is 18.2 Å². The number of hydrogen-bond acceptors (Lipinski definition) is 6. The highest BCUT2D eigenvalue weighted by Crippen LogP contribution is 2.40. The van der Waals surface area contributed by atoms with Crippen molar-refractivity contribution < 1.29 is 24.2 Å². The highest BCUT2D eigenvalue weighted by molar-refractivity contribution is 14.1. The Kier molecular flexibility index (Phi) is 8.95. The predicted molar refractivity (Wildman–Crippen MR) is 151 cm³/mol. The van der Waals surface area contributed by atoms with Crippen molar-refractivity contribution in [1.29, 1.82) is 0 Å². The number of aryl methyl sites for hydroxylation is 1. The van der Waals surface area contributed by atoms with Crippen LogP contribution in [0.1, 0.15) is 50.2 Å². The first-order chi connectivity index (χ1) is 17.4. The van der Waals surface area contributed by atoms with Gasteiger partial charge in [0.05, 0.1) is 20.8 Å². The van der Waals surface area contributed by atoms with Crippen molar-refractivity contribution in [2.45, 2.75) is 52.0 Å². The minimum atomic E-state index is -1.06. The van der Waals surface area contributed by atoms with Crippen LogP contribution < -0.4 is 9.47 Å². The molecule has 9 heteroatoms. The van der Waals surface area contributed by atoms with Gasteiger partial charge in [-0.1, -0.05) is 37.0 Å². The normalized spacial score (nSPS) is 18.8. The number of carbonyl (C=O) groups excluding carboxylic acids is 1. The van der Waals surface area contributed by atoms with Crippen molar-refractivity contribution in [3.05, 3.63) is 56.0 Å². The molecular formula is C27H29IN2O5S.